The first-order chi connectivity index (χ1) is 7.58. The molecule has 0 aliphatic rings. The molecule has 0 aliphatic heterocycles. The Balaban J connectivity index is 2.54. The largest absolute Gasteiger partial charge is 0.325 e. The zero-order valence-corrected chi connectivity index (χ0v) is 10.4. The van der Waals surface area contributed by atoms with Gasteiger partial charge >= 0.3 is 0 Å². The highest BCUT2D eigenvalue weighted by Crippen LogP contribution is 2.22. The van der Waals surface area contributed by atoms with Crippen molar-refractivity contribution in [3.8, 4) is 11.5 Å². The Bertz CT molecular complexity index is 487. The third-order valence-electron chi connectivity index (χ3n) is 2.12. The Morgan fingerprint density at radius 3 is 2.38 bits per heavy atom. The van der Waals surface area contributed by atoms with Crippen molar-refractivity contribution in [2.24, 2.45) is 0 Å². The van der Waals surface area contributed by atoms with Crippen LogP contribution in [0.15, 0.2) is 18.6 Å². The summed E-state index contributed by atoms with van der Waals surface area (Å²) < 4.78 is 1.96. The highest BCUT2D eigenvalue weighted by Gasteiger charge is 2.11. The van der Waals surface area contributed by atoms with E-state index in [9.17, 15) is 0 Å². The van der Waals surface area contributed by atoms with E-state index in [1.165, 1.54) is 6.07 Å². The molecule has 0 aliphatic carbocycles. The van der Waals surface area contributed by atoms with E-state index >= 15 is 0 Å². The van der Waals surface area contributed by atoms with Crippen LogP contribution in [0.2, 0.25) is 10.3 Å². The van der Waals surface area contributed by atoms with Gasteiger partial charge in [-0.15, -0.1) is 0 Å². The summed E-state index contributed by atoms with van der Waals surface area (Å²) in [7, 11) is 0. The predicted octanol–water partition coefficient (Wildman–Crippen LogP) is 3.23. The minimum atomic E-state index is 0.277. The SMILES string of the molecule is CC(C)n1cncc1-c1nc(Cl)cc(Cl)n1. The number of imidazole rings is 1. The van der Waals surface area contributed by atoms with Gasteiger partial charge in [0.05, 0.1) is 12.5 Å². The summed E-state index contributed by atoms with van der Waals surface area (Å²) >= 11 is 11.7. The van der Waals surface area contributed by atoms with E-state index in [0.29, 0.717) is 16.1 Å². The van der Waals surface area contributed by atoms with E-state index in [0.717, 1.165) is 5.69 Å². The molecule has 0 unspecified atom stereocenters. The van der Waals surface area contributed by atoms with Crippen molar-refractivity contribution < 1.29 is 0 Å². The number of aromatic nitrogens is 4. The van der Waals surface area contributed by atoms with Gasteiger partial charge < -0.3 is 4.57 Å². The van der Waals surface area contributed by atoms with Gasteiger partial charge in [0.25, 0.3) is 0 Å². The smallest absolute Gasteiger partial charge is 0.180 e. The second-order valence-electron chi connectivity index (χ2n) is 3.62. The summed E-state index contributed by atoms with van der Waals surface area (Å²) in [6.07, 6.45) is 3.43. The number of halogens is 2. The molecule has 0 radical (unpaired) electrons. The Kier molecular flexibility index (Phi) is 3.12. The second kappa shape index (κ2) is 4.39. The van der Waals surface area contributed by atoms with E-state index in [-0.39, 0.29) is 6.04 Å². The number of hydrogen-bond donors (Lipinski definition) is 0. The van der Waals surface area contributed by atoms with Crippen molar-refractivity contribution in [1.82, 2.24) is 19.5 Å². The average molecular weight is 257 g/mol. The predicted molar refractivity (Wildman–Crippen MR) is 63.7 cm³/mol. The normalized spacial score (nSPS) is 11.1. The Morgan fingerprint density at radius 2 is 1.81 bits per heavy atom. The summed E-state index contributed by atoms with van der Waals surface area (Å²) in [6.45, 7) is 4.11. The number of hydrogen-bond acceptors (Lipinski definition) is 3. The number of nitrogens with zero attached hydrogens (tertiary/aromatic N) is 4. The minimum Gasteiger partial charge on any atom is -0.325 e. The van der Waals surface area contributed by atoms with E-state index in [2.05, 4.69) is 28.8 Å². The summed E-state index contributed by atoms with van der Waals surface area (Å²) in [5.74, 6) is 0.490. The van der Waals surface area contributed by atoms with Crippen LogP contribution < -0.4 is 0 Å². The fourth-order valence-electron chi connectivity index (χ4n) is 1.39. The lowest BCUT2D eigenvalue weighted by molar-refractivity contribution is 0.603. The molecule has 0 N–H and O–H groups in total. The molecular formula is C10H10Cl2N4. The van der Waals surface area contributed by atoms with Crippen LogP contribution >= 0.6 is 23.2 Å². The molecule has 0 saturated heterocycles. The van der Waals surface area contributed by atoms with Gasteiger partial charge in [0.1, 0.15) is 16.0 Å². The molecule has 0 atom stereocenters. The fraction of sp³-hybridized carbons (Fsp3) is 0.300. The molecule has 0 fully saturated rings. The number of rotatable bonds is 2. The maximum Gasteiger partial charge on any atom is 0.180 e. The van der Waals surface area contributed by atoms with Crippen LogP contribution in [0.4, 0.5) is 0 Å². The molecule has 0 spiro atoms. The van der Waals surface area contributed by atoms with E-state index < -0.39 is 0 Å². The van der Waals surface area contributed by atoms with Gasteiger partial charge in [-0.3, -0.25) is 0 Å². The van der Waals surface area contributed by atoms with Gasteiger partial charge in [0, 0.05) is 12.1 Å². The molecule has 2 heterocycles. The molecule has 2 aromatic heterocycles. The highest BCUT2D eigenvalue weighted by molar-refractivity contribution is 6.33. The lowest BCUT2D eigenvalue weighted by Gasteiger charge is -2.10. The van der Waals surface area contributed by atoms with Crippen LogP contribution in [0.25, 0.3) is 11.5 Å². The second-order valence-corrected chi connectivity index (χ2v) is 4.39. The van der Waals surface area contributed by atoms with Gasteiger partial charge in [0.15, 0.2) is 5.82 Å². The lowest BCUT2D eigenvalue weighted by atomic mass is 10.3. The first-order valence-corrected chi connectivity index (χ1v) is 5.56. The van der Waals surface area contributed by atoms with E-state index in [4.69, 9.17) is 23.2 Å². The summed E-state index contributed by atoms with van der Waals surface area (Å²) in [5, 5.41) is 0.651. The van der Waals surface area contributed by atoms with Gasteiger partial charge in [-0.1, -0.05) is 23.2 Å². The average Bonchev–Trinajstić information content (AvgIpc) is 2.63. The van der Waals surface area contributed by atoms with Gasteiger partial charge in [0.2, 0.25) is 0 Å². The summed E-state index contributed by atoms with van der Waals surface area (Å²) in [6, 6.07) is 1.78. The highest BCUT2D eigenvalue weighted by atomic mass is 35.5. The van der Waals surface area contributed by atoms with Gasteiger partial charge in [-0.2, -0.15) is 0 Å². The zero-order valence-electron chi connectivity index (χ0n) is 8.85. The fourth-order valence-corrected chi connectivity index (χ4v) is 1.82. The first-order valence-electron chi connectivity index (χ1n) is 4.80. The minimum absolute atomic E-state index is 0.277. The molecule has 2 aromatic rings. The Hall–Kier alpha value is -1.13. The molecule has 4 nitrogen and oxygen atoms in total. The van der Waals surface area contributed by atoms with Gasteiger partial charge in [-0.25, -0.2) is 15.0 Å². The molecule has 0 bridgehead atoms. The Labute approximate surface area is 103 Å². The van der Waals surface area contributed by atoms with Crippen LogP contribution in [-0.4, -0.2) is 19.5 Å². The van der Waals surface area contributed by atoms with Crippen molar-refractivity contribution in [1.29, 1.82) is 0 Å². The van der Waals surface area contributed by atoms with E-state index in [1.54, 1.807) is 12.5 Å². The molecule has 0 saturated carbocycles. The van der Waals surface area contributed by atoms with Crippen molar-refractivity contribution >= 4 is 23.2 Å². The summed E-state index contributed by atoms with van der Waals surface area (Å²) in [5.41, 5.74) is 0.805. The van der Waals surface area contributed by atoms with E-state index in [1.807, 2.05) is 4.57 Å². The molecule has 0 aromatic carbocycles. The van der Waals surface area contributed by atoms with Crippen LogP contribution in [0, 0.1) is 0 Å². The van der Waals surface area contributed by atoms with Crippen LogP contribution in [0.3, 0.4) is 0 Å². The quantitative estimate of drug-likeness (QED) is 0.776. The molecular weight excluding hydrogens is 247 g/mol. The Morgan fingerprint density at radius 1 is 1.19 bits per heavy atom. The first kappa shape index (κ1) is 11.4. The molecule has 84 valence electrons. The maximum absolute atomic E-state index is 5.83. The zero-order chi connectivity index (χ0) is 11.7. The summed E-state index contributed by atoms with van der Waals surface area (Å²) in [4.78, 5) is 12.3. The third kappa shape index (κ3) is 2.18. The van der Waals surface area contributed by atoms with Crippen molar-refractivity contribution in [2.75, 3.05) is 0 Å². The van der Waals surface area contributed by atoms with Crippen LogP contribution in [0.5, 0.6) is 0 Å². The molecule has 6 heteroatoms. The van der Waals surface area contributed by atoms with Crippen LogP contribution in [0.1, 0.15) is 19.9 Å². The van der Waals surface area contributed by atoms with Crippen LogP contribution in [-0.2, 0) is 0 Å². The van der Waals surface area contributed by atoms with Crippen molar-refractivity contribution in [2.45, 2.75) is 19.9 Å². The van der Waals surface area contributed by atoms with Gasteiger partial charge in [-0.05, 0) is 13.8 Å². The molecule has 0 amide bonds. The van der Waals surface area contributed by atoms with Crippen molar-refractivity contribution in [3.63, 3.8) is 0 Å². The topological polar surface area (TPSA) is 43.6 Å². The van der Waals surface area contributed by atoms with Crippen molar-refractivity contribution in [3.05, 3.63) is 28.9 Å². The standard InChI is InChI=1S/C10H10Cl2N4/c1-6(2)16-5-13-4-7(16)10-14-8(11)3-9(12)15-10/h3-6H,1-2H3. The molecule has 2 rings (SSSR count). The monoisotopic (exact) mass is 256 g/mol. The molecule has 16 heavy (non-hydrogen) atoms. The third-order valence-corrected chi connectivity index (χ3v) is 2.50. The maximum atomic E-state index is 5.83. The lowest BCUT2D eigenvalue weighted by Crippen LogP contribution is -2.03.